The van der Waals surface area contributed by atoms with E-state index in [9.17, 15) is 21.6 Å². The lowest BCUT2D eigenvalue weighted by molar-refractivity contribution is -0.0494. The van der Waals surface area contributed by atoms with Crippen molar-refractivity contribution in [2.45, 2.75) is 30.9 Å². The van der Waals surface area contributed by atoms with Crippen molar-refractivity contribution in [3.63, 3.8) is 0 Å². The molecule has 0 amide bonds. The second-order valence-corrected chi connectivity index (χ2v) is 8.19. The van der Waals surface area contributed by atoms with Crippen molar-refractivity contribution < 1.29 is 21.6 Å². The normalized spacial score (nSPS) is 17.3. The van der Waals surface area contributed by atoms with Crippen molar-refractivity contribution in [3.8, 4) is 0 Å². The third-order valence-electron chi connectivity index (χ3n) is 4.02. The van der Waals surface area contributed by atoms with Gasteiger partial charge in [-0.3, -0.25) is 4.99 Å². The maximum absolute atomic E-state index is 12.6. The Morgan fingerprint density at radius 2 is 1.81 bits per heavy atom. The predicted molar refractivity (Wildman–Crippen MR) is 110 cm³/mol. The van der Waals surface area contributed by atoms with Gasteiger partial charge in [0, 0.05) is 37.7 Å². The van der Waals surface area contributed by atoms with Crippen LogP contribution in [-0.2, 0) is 16.6 Å². The van der Waals surface area contributed by atoms with Crippen molar-refractivity contribution in [1.29, 1.82) is 0 Å². The SMILES string of the molecule is CN=C(NCc1ccc(Cl)cc1)NC1CCN(S(=O)(=O)C(F)(F)F)CC1.I. The van der Waals surface area contributed by atoms with Crippen molar-refractivity contribution in [1.82, 2.24) is 14.9 Å². The molecule has 0 bridgehead atoms. The van der Waals surface area contributed by atoms with E-state index in [1.54, 1.807) is 19.2 Å². The molecular weight excluding hydrogens is 520 g/mol. The standard InChI is InChI=1S/C15H20ClF3N4O2S.HI/c1-20-14(21-10-11-2-4-12(16)5-3-11)22-13-6-8-23(9-7-13)26(24,25)15(17,18)19;/h2-5,13H,6-10H2,1H3,(H2,20,21,22);1H. The van der Waals surface area contributed by atoms with Crippen LogP contribution in [0.3, 0.4) is 0 Å². The minimum Gasteiger partial charge on any atom is -0.354 e. The molecule has 0 radical (unpaired) electrons. The first kappa shape index (κ1) is 24.2. The smallest absolute Gasteiger partial charge is 0.354 e. The largest absolute Gasteiger partial charge is 0.511 e. The molecule has 1 saturated heterocycles. The maximum Gasteiger partial charge on any atom is 0.511 e. The van der Waals surface area contributed by atoms with E-state index in [2.05, 4.69) is 15.6 Å². The molecule has 0 unspecified atom stereocenters. The van der Waals surface area contributed by atoms with Crippen molar-refractivity contribution >= 4 is 51.6 Å². The molecule has 0 atom stereocenters. The molecule has 0 aromatic heterocycles. The van der Waals surface area contributed by atoms with Gasteiger partial charge in [-0.25, -0.2) is 8.42 Å². The second-order valence-electron chi connectivity index (χ2n) is 5.82. The highest BCUT2D eigenvalue weighted by Gasteiger charge is 2.50. The molecule has 2 N–H and O–H groups in total. The van der Waals surface area contributed by atoms with Crippen molar-refractivity contribution in [3.05, 3.63) is 34.9 Å². The van der Waals surface area contributed by atoms with Gasteiger partial charge in [0.15, 0.2) is 5.96 Å². The van der Waals surface area contributed by atoms with Crippen LogP contribution in [0.25, 0.3) is 0 Å². The Balaban J connectivity index is 0.00000364. The molecule has 154 valence electrons. The van der Waals surface area contributed by atoms with Crippen LogP contribution >= 0.6 is 35.6 Å². The monoisotopic (exact) mass is 540 g/mol. The lowest BCUT2D eigenvalue weighted by Gasteiger charge is -2.32. The summed E-state index contributed by atoms with van der Waals surface area (Å²) in [4.78, 5) is 4.08. The fourth-order valence-electron chi connectivity index (χ4n) is 2.56. The van der Waals surface area contributed by atoms with E-state index in [0.717, 1.165) is 5.56 Å². The highest BCUT2D eigenvalue weighted by atomic mass is 127. The van der Waals surface area contributed by atoms with Gasteiger partial charge < -0.3 is 10.6 Å². The fraction of sp³-hybridized carbons (Fsp3) is 0.533. The zero-order chi connectivity index (χ0) is 19.4. The average Bonchev–Trinajstić information content (AvgIpc) is 2.59. The summed E-state index contributed by atoms with van der Waals surface area (Å²) in [6, 6.07) is 7.11. The van der Waals surface area contributed by atoms with Crippen LogP contribution in [0.2, 0.25) is 5.02 Å². The van der Waals surface area contributed by atoms with Crippen LogP contribution in [0.4, 0.5) is 13.2 Å². The molecular formula is C15H21ClF3IN4O2S. The summed E-state index contributed by atoms with van der Waals surface area (Å²) in [5.74, 6) is 0.497. The van der Waals surface area contributed by atoms with Gasteiger partial charge in [-0.15, -0.1) is 24.0 Å². The minimum absolute atomic E-state index is 0. The number of benzene rings is 1. The Kier molecular flexibility index (Phi) is 9.09. The number of nitrogens with one attached hydrogen (secondary N) is 2. The molecule has 2 rings (SSSR count). The summed E-state index contributed by atoms with van der Waals surface area (Å²) in [7, 11) is -3.67. The Labute approximate surface area is 178 Å². The number of nitrogens with zero attached hydrogens (tertiary/aromatic N) is 2. The summed E-state index contributed by atoms with van der Waals surface area (Å²) >= 11 is 5.83. The topological polar surface area (TPSA) is 73.8 Å². The van der Waals surface area contributed by atoms with Gasteiger partial charge in [0.25, 0.3) is 0 Å². The summed E-state index contributed by atoms with van der Waals surface area (Å²) in [5, 5.41) is 6.85. The first-order valence-electron chi connectivity index (χ1n) is 7.91. The molecule has 6 nitrogen and oxygen atoms in total. The third-order valence-corrected chi connectivity index (χ3v) is 5.91. The first-order chi connectivity index (χ1) is 12.1. The molecule has 1 aliphatic heterocycles. The van der Waals surface area contributed by atoms with E-state index < -0.39 is 15.5 Å². The highest BCUT2D eigenvalue weighted by Crippen LogP contribution is 2.28. The Hall–Kier alpha value is -0.790. The highest BCUT2D eigenvalue weighted by molar-refractivity contribution is 14.0. The lowest BCUT2D eigenvalue weighted by Crippen LogP contribution is -2.51. The fourth-order valence-corrected chi connectivity index (χ4v) is 3.67. The Morgan fingerprint density at radius 1 is 1.26 bits per heavy atom. The predicted octanol–water partition coefficient (Wildman–Crippen LogP) is 2.94. The number of guanidine groups is 1. The number of rotatable bonds is 4. The van der Waals surface area contributed by atoms with E-state index in [-0.39, 0.29) is 55.9 Å². The second kappa shape index (κ2) is 10.1. The third kappa shape index (κ3) is 6.64. The van der Waals surface area contributed by atoms with E-state index in [0.29, 0.717) is 21.8 Å². The van der Waals surface area contributed by atoms with Gasteiger partial charge in [-0.05, 0) is 30.5 Å². The van der Waals surface area contributed by atoms with Gasteiger partial charge in [0.1, 0.15) is 0 Å². The van der Waals surface area contributed by atoms with E-state index >= 15 is 0 Å². The zero-order valence-corrected chi connectivity index (χ0v) is 18.4. The number of aliphatic imine (C=N–C) groups is 1. The number of hydrogen-bond acceptors (Lipinski definition) is 3. The lowest BCUT2D eigenvalue weighted by atomic mass is 10.1. The van der Waals surface area contributed by atoms with E-state index in [1.807, 2.05) is 12.1 Å². The molecule has 0 aliphatic carbocycles. The minimum atomic E-state index is -5.26. The molecule has 0 spiro atoms. The quantitative estimate of drug-likeness (QED) is 0.350. The number of hydrogen-bond donors (Lipinski definition) is 2. The van der Waals surface area contributed by atoms with E-state index in [4.69, 9.17) is 11.6 Å². The number of halogens is 5. The van der Waals surface area contributed by atoms with E-state index in [1.165, 1.54) is 0 Å². The maximum atomic E-state index is 12.6. The van der Waals surface area contributed by atoms with Crippen LogP contribution < -0.4 is 10.6 Å². The van der Waals surface area contributed by atoms with Crippen LogP contribution in [0.5, 0.6) is 0 Å². The summed E-state index contributed by atoms with van der Waals surface area (Å²) in [6.45, 7) is 0.125. The average molecular weight is 541 g/mol. The van der Waals surface area contributed by atoms with Crippen molar-refractivity contribution in [2.24, 2.45) is 4.99 Å². The van der Waals surface area contributed by atoms with Crippen molar-refractivity contribution in [2.75, 3.05) is 20.1 Å². The van der Waals surface area contributed by atoms with Crippen LogP contribution in [0.1, 0.15) is 18.4 Å². The van der Waals surface area contributed by atoms with Gasteiger partial charge >= 0.3 is 15.5 Å². The van der Waals surface area contributed by atoms with Crippen LogP contribution in [0, 0.1) is 0 Å². The molecule has 27 heavy (non-hydrogen) atoms. The number of sulfonamides is 1. The van der Waals surface area contributed by atoms with Crippen LogP contribution in [-0.4, -0.2) is 50.4 Å². The molecule has 1 aromatic rings. The summed E-state index contributed by atoms with van der Waals surface area (Å²) < 4.78 is 61.1. The molecule has 1 fully saturated rings. The Morgan fingerprint density at radius 3 is 2.30 bits per heavy atom. The number of piperidine rings is 1. The van der Waals surface area contributed by atoms with Crippen LogP contribution in [0.15, 0.2) is 29.3 Å². The molecule has 1 heterocycles. The molecule has 12 heteroatoms. The zero-order valence-electron chi connectivity index (χ0n) is 14.5. The van der Waals surface area contributed by atoms with Gasteiger partial charge in [0.2, 0.25) is 0 Å². The van der Waals surface area contributed by atoms with Gasteiger partial charge in [0.05, 0.1) is 0 Å². The molecule has 0 saturated carbocycles. The molecule has 1 aliphatic rings. The van der Waals surface area contributed by atoms with Gasteiger partial charge in [-0.1, -0.05) is 23.7 Å². The summed E-state index contributed by atoms with van der Waals surface area (Å²) in [5.41, 5.74) is -4.27. The Bertz CT molecular complexity index is 736. The summed E-state index contributed by atoms with van der Waals surface area (Å²) in [6.07, 6.45) is 0.522. The first-order valence-corrected chi connectivity index (χ1v) is 9.73. The number of alkyl halides is 3. The van der Waals surface area contributed by atoms with Gasteiger partial charge in [-0.2, -0.15) is 17.5 Å². The molecule has 1 aromatic carbocycles.